The Bertz CT molecular complexity index is 377. The molecule has 1 rings (SSSR count). The second-order valence-corrected chi connectivity index (χ2v) is 5.89. The van der Waals surface area contributed by atoms with Crippen molar-refractivity contribution in [1.82, 2.24) is 9.62 Å². The number of hydrogen-bond acceptors (Lipinski definition) is 4. The number of nitrogens with one attached hydrogen (secondary N) is 1. The zero-order valence-corrected chi connectivity index (χ0v) is 9.55. The third-order valence-corrected chi connectivity index (χ3v) is 4.32. The molecule has 1 aliphatic rings. The molecule has 0 aromatic rings. The van der Waals surface area contributed by atoms with Crippen molar-refractivity contribution in [3.8, 4) is 6.07 Å². The summed E-state index contributed by atoms with van der Waals surface area (Å²) in [7, 11) is -3.12. The third-order valence-electron chi connectivity index (χ3n) is 2.54. The molecule has 1 fully saturated rings. The topological polar surface area (TPSA) is 73.2 Å². The van der Waals surface area contributed by atoms with Gasteiger partial charge in [0.2, 0.25) is 10.0 Å². The smallest absolute Gasteiger partial charge is 0.213 e. The first-order valence-electron chi connectivity index (χ1n) is 4.73. The highest BCUT2D eigenvalue weighted by Crippen LogP contribution is 2.27. The lowest BCUT2D eigenvalue weighted by Crippen LogP contribution is -2.69. The van der Waals surface area contributed by atoms with Crippen molar-refractivity contribution in [2.75, 3.05) is 18.8 Å². The minimum atomic E-state index is -3.12. The van der Waals surface area contributed by atoms with Crippen LogP contribution in [-0.2, 0) is 10.0 Å². The molecule has 1 N–H and O–H groups in total. The van der Waals surface area contributed by atoms with Crippen LogP contribution in [0.25, 0.3) is 0 Å². The summed E-state index contributed by atoms with van der Waals surface area (Å²) >= 11 is 0. The molecule has 0 aromatic carbocycles. The van der Waals surface area contributed by atoms with Gasteiger partial charge >= 0.3 is 0 Å². The molecular formula is C9H15N3O2S. The van der Waals surface area contributed by atoms with Gasteiger partial charge in [-0.3, -0.25) is 0 Å². The lowest BCUT2D eigenvalue weighted by molar-refractivity contribution is 0.135. The minimum absolute atomic E-state index is 0.101. The van der Waals surface area contributed by atoms with E-state index in [2.05, 4.69) is 18.0 Å². The van der Waals surface area contributed by atoms with E-state index in [9.17, 15) is 8.42 Å². The fourth-order valence-electron chi connectivity index (χ4n) is 1.63. The molecule has 0 atom stereocenters. The molecule has 1 saturated heterocycles. The number of hydrogen-bond donors (Lipinski definition) is 1. The maximum absolute atomic E-state index is 11.5. The Morgan fingerprint density at radius 3 is 2.67 bits per heavy atom. The summed E-state index contributed by atoms with van der Waals surface area (Å²) < 4.78 is 24.3. The van der Waals surface area contributed by atoms with E-state index in [1.54, 1.807) is 6.92 Å². The summed E-state index contributed by atoms with van der Waals surface area (Å²) in [5, 5.41) is 11.6. The Kier molecular flexibility index (Phi) is 3.37. The zero-order chi connectivity index (χ0) is 11.5. The highest BCUT2D eigenvalue weighted by molar-refractivity contribution is 7.89. The summed E-state index contributed by atoms with van der Waals surface area (Å²) in [6, 6.07) is 2.05. The van der Waals surface area contributed by atoms with E-state index < -0.39 is 15.6 Å². The maximum atomic E-state index is 11.5. The molecule has 84 valence electrons. The van der Waals surface area contributed by atoms with E-state index in [-0.39, 0.29) is 12.2 Å². The normalized spacial score (nSPS) is 20.0. The van der Waals surface area contributed by atoms with Crippen molar-refractivity contribution in [3.63, 3.8) is 0 Å². The van der Waals surface area contributed by atoms with E-state index in [0.717, 1.165) is 0 Å². The van der Waals surface area contributed by atoms with Gasteiger partial charge in [0.15, 0.2) is 0 Å². The lowest BCUT2D eigenvalue weighted by atomic mass is 9.89. The highest BCUT2D eigenvalue weighted by atomic mass is 32.2. The van der Waals surface area contributed by atoms with Gasteiger partial charge in [0, 0.05) is 13.1 Å². The van der Waals surface area contributed by atoms with Gasteiger partial charge in [-0.15, -0.1) is 0 Å². The quantitative estimate of drug-likeness (QED) is 0.722. The summed E-state index contributed by atoms with van der Waals surface area (Å²) in [6.45, 7) is 5.84. The van der Waals surface area contributed by atoms with Gasteiger partial charge in [-0.2, -0.15) is 9.57 Å². The van der Waals surface area contributed by atoms with Gasteiger partial charge in [0.25, 0.3) is 0 Å². The van der Waals surface area contributed by atoms with Crippen LogP contribution in [0.3, 0.4) is 0 Å². The van der Waals surface area contributed by atoms with Crippen LogP contribution >= 0.6 is 0 Å². The van der Waals surface area contributed by atoms with Crippen LogP contribution < -0.4 is 5.32 Å². The molecule has 0 bridgehead atoms. The molecule has 6 heteroatoms. The van der Waals surface area contributed by atoms with Crippen molar-refractivity contribution in [1.29, 1.82) is 5.26 Å². The van der Waals surface area contributed by atoms with Crippen molar-refractivity contribution >= 4 is 10.0 Å². The van der Waals surface area contributed by atoms with Crippen molar-refractivity contribution in [2.24, 2.45) is 0 Å². The molecule has 1 heterocycles. The molecular weight excluding hydrogens is 214 g/mol. The largest absolute Gasteiger partial charge is 0.382 e. The summed E-state index contributed by atoms with van der Waals surface area (Å²) in [4.78, 5) is 0. The van der Waals surface area contributed by atoms with Gasteiger partial charge in [-0.1, -0.05) is 6.58 Å². The Hall–Kier alpha value is -1.06. The third kappa shape index (κ3) is 2.30. The van der Waals surface area contributed by atoms with Crippen LogP contribution in [-0.4, -0.2) is 37.1 Å². The van der Waals surface area contributed by atoms with Gasteiger partial charge in [0.1, 0.15) is 0 Å². The molecule has 0 spiro atoms. The molecule has 0 radical (unpaired) electrons. The van der Waals surface area contributed by atoms with E-state index >= 15 is 0 Å². The highest BCUT2D eigenvalue weighted by Gasteiger charge is 2.46. The molecule has 5 nitrogen and oxygen atoms in total. The van der Waals surface area contributed by atoms with E-state index in [0.29, 0.717) is 13.1 Å². The number of nitriles is 1. The summed E-state index contributed by atoms with van der Waals surface area (Å²) in [6.07, 6.45) is 1.79. The predicted octanol–water partition coefficient (Wildman–Crippen LogP) is 0.0373. The minimum Gasteiger partial charge on any atom is -0.382 e. The molecule has 1 aliphatic heterocycles. The molecule has 0 unspecified atom stereocenters. The van der Waals surface area contributed by atoms with Crippen molar-refractivity contribution in [2.45, 2.75) is 18.9 Å². The van der Waals surface area contributed by atoms with E-state index in [1.807, 2.05) is 0 Å². The number of rotatable bonds is 5. The fraction of sp³-hybridized carbons (Fsp3) is 0.667. The SMILES string of the molecule is C=CNC1(CC#N)CN(S(=O)(=O)CC)C1. The van der Waals surface area contributed by atoms with Crippen molar-refractivity contribution < 1.29 is 8.42 Å². The molecule has 0 aromatic heterocycles. The molecule has 15 heavy (non-hydrogen) atoms. The van der Waals surface area contributed by atoms with Gasteiger partial charge < -0.3 is 5.32 Å². The van der Waals surface area contributed by atoms with E-state index in [4.69, 9.17) is 5.26 Å². The monoisotopic (exact) mass is 229 g/mol. The Labute approximate surface area is 90.4 Å². The Morgan fingerprint density at radius 2 is 2.27 bits per heavy atom. The van der Waals surface area contributed by atoms with Gasteiger partial charge in [-0.05, 0) is 13.1 Å². The lowest BCUT2D eigenvalue weighted by Gasteiger charge is -2.48. The van der Waals surface area contributed by atoms with Crippen LogP contribution in [0.4, 0.5) is 0 Å². The first-order valence-corrected chi connectivity index (χ1v) is 6.34. The van der Waals surface area contributed by atoms with E-state index in [1.165, 1.54) is 10.5 Å². The van der Waals surface area contributed by atoms with Crippen LogP contribution in [0, 0.1) is 11.3 Å². The molecule has 0 saturated carbocycles. The second-order valence-electron chi connectivity index (χ2n) is 3.63. The predicted molar refractivity (Wildman–Crippen MR) is 57.3 cm³/mol. The summed E-state index contributed by atoms with van der Waals surface area (Å²) in [5.41, 5.74) is -0.432. The van der Waals surface area contributed by atoms with Crippen LogP contribution in [0.15, 0.2) is 12.8 Å². The second kappa shape index (κ2) is 4.21. The Morgan fingerprint density at radius 1 is 1.67 bits per heavy atom. The fourth-order valence-corrected chi connectivity index (χ4v) is 2.88. The van der Waals surface area contributed by atoms with Crippen LogP contribution in [0.1, 0.15) is 13.3 Å². The Balaban J connectivity index is 2.66. The standard InChI is InChI=1S/C9H15N3O2S/c1-3-11-9(5-6-10)7-12(8-9)15(13,14)4-2/h3,11H,1,4-5,7-8H2,2H3. The average Bonchev–Trinajstić information content (AvgIpc) is 2.13. The molecule has 0 aliphatic carbocycles. The molecule has 0 amide bonds. The van der Waals surface area contributed by atoms with Crippen molar-refractivity contribution in [3.05, 3.63) is 12.8 Å². The number of sulfonamides is 1. The maximum Gasteiger partial charge on any atom is 0.213 e. The zero-order valence-electron chi connectivity index (χ0n) is 8.73. The first kappa shape index (κ1) is 12.0. The van der Waals surface area contributed by atoms with Crippen LogP contribution in [0.5, 0.6) is 0 Å². The number of nitrogens with zero attached hydrogens (tertiary/aromatic N) is 2. The van der Waals surface area contributed by atoms with Gasteiger partial charge in [-0.25, -0.2) is 8.42 Å². The van der Waals surface area contributed by atoms with Crippen LogP contribution in [0.2, 0.25) is 0 Å². The summed E-state index contributed by atoms with van der Waals surface area (Å²) in [5.74, 6) is 0.101. The van der Waals surface area contributed by atoms with Gasteiger partial charge in [0.05, 0.1) is 23.8 Å². The average molecular weight is 229 g/mol. The first-order chi connectivity index (χ1) is 6.99.